The fourth-order valence-electron chi connectivity index (χ4n) is 1.48. The van der Waals surface area contributed by atoms with Gasteiger partial charge in [0.2, 0.25) is 0 Å². The Morgan fingerprint density at radius 1 is 1.53 bits per heavy atom. The van der Waals surface area contributed by atoms with Crippen LogP contribution in [0.3, 0.4) is 0 Å². The van der Waals surface area contributed by atoms with Gasteiger partial charge in [-0.3, -0.25) is 10.1 Å². The van der Waals surface area contributed by atoms with E-state index in [4.69, 9.17) is 16.3 Å². The molecule has 0 atom stereocenters. The molecule has 1 aliphatic carbocycles. The average Bonchev–Trinajstić information content (AvgIpc) is 3.08. The summed E-state index contributed by atoms with van der Waals surface area (Å²) in [5.74, 6) is 0.284. The van der Waals surface area contributed by atoms with E-state index in [9.17, 15) is 10.1 Å². The normalized spacial score (nSPS) is 16.6. The molecule has 0 spiro atoms. The van der Waals surface area contributed by atoms with Gasteiger partial charge in [0.15, 0.2) is 5.75 Å². The van der Waals surface area contributed by atoms with E-state index in [0.29, 0.717) is 11.6 Å². The van der Waals surface area contributed by atoms with Crippen LogP contribution in [-0.2, 0) is 0 Å². The van der Waals surface area contributed by atoms with Crippen molar-refractivity contribution in [3.63, 3.8) is 0 Å². The Hall–Kier alpha value is -0.810. The van der Waals surface area contributed by atoms with Crippen LogP contribution in [0.4, 0.5) is 5.69 Å². The Bertz CT molecular complexity index is 448. The summed E-state index contributed by atoms with van der Waals surface area (Å²) in [6, 6.07) is 4.45. The van der Waals surface area contributed by atoms with Crippen LogP contribution in [-0.4, -0.2) is 16.9 Å². The lowest BCUT2D eigenvalue weighted by atomic mass is 10.2. The lowest BCUT2D eigenvalue weighted by molar-refractivity contribution is -0.385. The fourth-order valence-corrected chi connectivity index (χ4v) is 2.37. The van der Waals surface area contributed by atoms with E-state index in [-0.39, 0.29) is 16.9 Å². The van der Waals surface area contributed by atoms with Gasteiger partial charge in [-0.15, -0.1) is 0 Å². The second kappa shape index (κ2) is 4.82. The molecular weight excluding hydrogens is 309 g/mol. The van der Waals surface area contributed by atoms with Crippen LogP contribution < -0.4 is 4.74 Å². The van der Waals surface area contributed by atoms with Gasteiger partial charge in [-0.2, -0.15) is 0 Å². The van der Waals surface area contributed by atoms with Crippen LogP contribution in [0.1, 0.15) is 12.8 Å². The molecule has 0 aromatic heterocycles. The second-order valence-electron chi connectivity index (χ2n) is 4.29. The lowest BCUT2D eigenvalue weighted by Crippen LogP contribution is -2.14. The molecule has 6 heteroatoms. The minimum atomic E-state index is -0.477. The van der Waals surface area contributed by atoms with Gasteiger partial charge >= 0.3 is 5.69 Å². The van der Waals surface area contributed by atoms with Gasteiger partial charge < -0.3 is 4.74 Å². The smallest absolute Gasteiger partial charge is 0.312 e. The van der Waals surface area contributed by atoms with E-state index in [1.807, 2.05) is 0 Å². The Labute approximate surface area is 112 Å². The lowest BCUT2D eigenvalue weighted by Gasteiger charge is -2.13. The van der Waals surface area contributed by atoms with Crippen molar-refractivity contribution in [1.29, 1.82) is 0 Å². The van der Waals surface area contributed by atoms with E-state index in [1.165, 1.54) is 6.07 Å². The third-order valence-corrected chi connectivity index (χ3v) is 4.32. The molecule has 1 aromatic carbocycles. The molecule has 17 heavy (non-hydrogen) atoms. The molecule has 2 rings (SSSR count). The molecule has 0 amide bonds. The number of rotatable bonds is 5. The molecule has 1 aliphatic rings. The van der Waals surface area contributed by atoms with Crippen LogP contribution in [0.5, 0.6) is 5.75 Å². The van der Waals surface area contributed by atoms with Crippen LogP contribution in [0.2, 0.25) is 5.02 Å². The van der Waals surface area contributed by atoms with Crippen molar-refractivity contribution in [2.75, 3.05) is 11.9 Å². The standard InChI is InChI=1S/C11H11BrClNO3/c12-6-11(3-4-11)7-17-10-2-1-8(13)5-9(10)14(15)16/h1-2,5H,3-4,6-7H2. The molecular formula is C11H11BrClNO3. The predicted octanol–water partition coefficient (Wildman–Crippen LogP) is 3.80. The molecule has 0 N–H and O–H groups in total. The maximum Gasteiger partial charge on any atom is 0.312 e. The zero-order chi connectivity index (χ0) is 12.5. The van der Waals surface area contributed by atoms with Crippen LogP contribution in [0, 0.1) is 15.5 Å². The molecule has 0 aliphatic heterocycles. The molecule has 4 nitrogen and oxygen atoms in total. The predicted molar refractivity (Wildman–Crippen MR) is 69.1 cm³/mol. The van der Waals surface area contributed by atoms with E-state index < -0.39 is 4.92 Å². The highest BCUT2D eigenvalue weighted by atomic mass is 79.9. The molecule has 1 aromatic rings. The summed E-state index contributed by atoms with van der Waals surface area (Å²) < 4.78 is 5.54. The topological polar surface area (TPSA) is 52.4 Å². The van der Waals surface area contributed by atoms with Crippen LogP contribution in [0.25, 0.3) is 0 Å². The number of hydrogen-bond donors (Lipinski definition) is 0. The van der Waals surface area contributed by atoms with Crippen LogP contribution >= 0.6 is 27.5 Å². The first-order chi connectivity index (χ1) is 8.06. The second-order valence-corrected chi connectivity index (χ2v) is 5.29. The highest BCUT2D eigenvalue weighted by molar-refractivity contribution is 9.09. The summed E-state index contributed by atoms with van der Waals surface area (Å²) in [6.07, 6.45) is 2.19. The van der Waals surface area contributed by atoms with Gasteiger partial charge in [0, 0.05) is 21.8 Å². The molecule has 0 bridgehead atoms. The van der Waals surface area contributed by atoms with Gasteiger partial charge in [0.1, 0.15) is 0 Å². The monoisotopic (exact) mass is 319 g/mol. The number of nitrogens with zero attached hydrogens (tertiary/aromatic N) is 1. The van der Waals surface area contributed by atoms with Crippen molar-refractivity contribution in [1.82, 2.24) is 0 Å². The number of halogens is 2. The van der Waals surface area contributed by atoms with Gasteiger partial charge in [-0.25, -0.2) is 0 Å². The van der Waals surface area contributed by atoms with E-state index in [2.05, 4.69) is 15.9 Å². The summed E-state index contributed by atoms with van der Waals surface area (Å²) >= 11 is 9.15. The van der Waals surface area contributed by atoms with Gasteiger partial charge in [-0.05, 0) is 25.0 Å². The van der Waals surface area contributed by atoms with Gasteiger partial charge in [0.25, 0.3) is 0 Å². The third kappa shape index (κ3) is 2.90. The summed E-state index contributed by atoms with van der Waals surface area (Å²) in [5.41, 5.74) is 0.0795. The number of alkyl halides is 1. The molecule has 1 saturated carbocycles. The minimum Gasteiger partial charge on any atom is -0.486 e. The summed E-state index contributed by atoms with van der Waals surface area (Å²) in [4.78, 5) is 10.4. The summed E-state index contributed by atoms with van der Waals surface area (Å²) in [5, 5.41) is 12.0. The minimum absolute atomic E-state index is 0.0807. The largest absolute Gasteiger partial charge is 0.486 e. The van der Waals surface area contributed by atoms with E-state index >= 15 is 0 Å². The first-order valence-electron chi connectivity index (χ1n) is 5.19. The van der Waals surface area contributed by atoms with Crippen molar-refractivity contribution in [3.05, 3.63) is 33.3 Å². The molecule has 92 valence electrons. The molecule has 0 heterocycles. The van der Waals surface area contributed by atoms with Crippen LogP contribution in [0.15, 0.2) is 18.2 Å². The number of ether oxygens (including phenoxy) is 1. The quantitative estimate of drug-likeness (QED) is 0.471. The Kier molecular flexibility index (Phi) is 3.58. The summed E-state index contributed by atoms with van der Waals surface area (Å²) in [6.45, 7) is 0.501. The third-order valence-electron chi connectivity index (χ3n) is 2.89. The average molecular weight is 321 g/mol. The maximum absolute atomic E-state index is 10.8. The SMILES string of the molecule is O=[N+]([O-])c1cc(Cl)ccc1OCC1(CBr)CC1. The van der Waals surface area contributed by atoms with Crippen molar-refractivity contribution < 1.29 is 9.66 Å². The first-order valence-corrected chi connectivity index (χ1v) is 6.69. The number of benzene rings is 1. The molecule has 1 fully saturated rings. The van der Waals surface area contributed by atoms with Crippen molar-refractivity contribution in [2.45, 2.75) is 12.8 Å². The van der Waals surface area contributed by atoms with Gasteiger partial charge in [-0.1, -0.05) is 27.5 Å². The highest BCUT2D eigenvalue weighted by Crippen LogP contribution is 2.47. The van der Waals surface area contributed by atoms with Crippen molar-refractivity contribution in [2.24, 2.45) is 5.41 Å². The maximum atomic E-state index is 10.8. The molecule has 0 unspecified atom stereocenters. The zero-order valence-electron chi connectivity index (χ0n) is 8.99. The molecule has 0 radical (unpaired) electrons. The van der Waals surface area contributed by atoms with Crippen molar-refractivity contribution in [3.8, 4) is 5.75 Å². The first kappa shape index (κ1) is 12.6. The highest BCUT2D eigenvalue weighted by Gasteiger charge is 2.42. The Morgan fingerprint density at radius 3 is 2.76 bits per heavy atom. The fraction of sp³-hybridized carbons (Fsp3) is 0.455. The Morgan fingerprint density at radius 2 is 2.24 bits per heavy atom. The zero-order valence-corrected chi connectivity index (χ0v) is 11.3. The Balaban J connectivity index is 2.12. The van der Waals surface area contributed by atoms with Gasteiger partial charge in [0.05, 0.1) is 11.5 Å². The van der Waals surface area contributed by atoms with E-state index in [0.717, 1.165) is 18.2 Å². The van der Waals surface area contributed by atoms with Crippen molar-refractivity contribution >= 4 is 33.2 Å². The van der Waals surface area contributed by atoms with E-state index in [1.54, 1.807) is 12.1 Å². The summed E-state index contributed by atoms with van der Waals surface area (Å²) in [7, 11) is 0. The number of nitro groups is 1. The number of nitro benzene ring substituents is 1. The number of hydrogen-bond acceptors (Lipinski definition) is 3. The molecule has 0 saturated heterocycles.